The van der Waals surface area contributed by atoms with Gasteiger partial charge in [-0.15, -0.1) is 0 Å². The Morgan fingerprint density at radius 3 is 2.44 bits per heavy atom. The molecule has 2 heteroatoms. The van der Waals surface area contributed by atoms with E-state index >= 15 is 0 Å². The fourth-order valence-corrected chi connectivity index (χ4v) is 0.683. The van der Waals surface area contributed by atoms with Crippen LogP contribution in [0.1, 0.15) is 18.1 Å². The fourth-order valence-electron chi connectivity index (χ4n) is 0.683. The molecule has 0 fully saturated rings. The second-order valence-corrected chi connectivity index (χ2v) is 1.84. The van der Waals surface area contributed by atoms with Gasteiger partial charge in [0.15, 0.2) is 0 Å². The largest absolute Gasteiger partial charge is 0.295 e. The molecule has 0 aliphatic rings. The SMILES string of the molecule is CCC(=O)n1cccc1. The lowest BCUT2D eigenvalue weighted by atomic mass is 10.4. The molecule has 0 radical (unpaired) electrons. The number of carbonyl (C=O) groups excluding carboxylic acids is 1. The molecule has 48 valence electrons. The van der Waals surface area contributed by atoms with Crippen LogP contribution < -0.4 is 0 Å². The zero-order chi connectivity index (χ0) is 6.69. The van der Waals surface area contributed by atoms with Gasteiger partial charge in [-0.1, -0.05) is 6.92 Å². The first-order valence-corrected chi connectivity index (χ1v) is 3.00. The molecule has 0 aromatic carbocycles. The molecule has 9 heavy (non-hydrogen) atoms. The lowest BCUT2D eigenvalue weighted by Gasteiger charge is -1.94. The van der Waals surface area contributed by atoms with Gasteiger partial charge in [0.2, 0.25) is 5.91 Å². The Balaban J connectivity index is 2.77. The van der Waals surface area contributed by atoms with Gasteiger partial charge in [0.1, 0.15) is 0 Å². The van der Waals surface area contributed by atoms with Crippen molar-refractivity contribution in [3.63, 3.8) is 0 Å². The minimum atomic E-state index is 0.139. The molecule has 1 rings (SSSR count). The van der Waals surface area contributed by atoms with Crippen LogP contribution in [0, 0.1) is 0 Å². The van der Waals surface area contributed by atoms with E-state index < -0.39 is 0 Å². The molecule has 1 aromatic rings. The highest BCUT2D eigenvalue weighted by Crippen LogP contribution is 1.91. The van der Waals surface area contributed by atoms with Crippen molar-refractivity contribution in [3.05, 3.63) is 24.5 Å². The third kappa shape index (κ3) is 1.19. The molecule has 0 amide bonds. The Morgan fingerprint density at radius 2 is 2.00 bits per heavy atom. The van der Waals surface area contributed by atoms with E-state index in [-0.39, 0.29) is 5.91 Å². The average molecular weight is 123 g/mol. The molecule has 2 nitrogen and oxygen atoms in total. The Hall–Kier alpha value is -1.05. The summed E-state index contributed by atoms with van der Waals surface area (Å²) in [6, 6.07) is 3.68. The van der Waals surface area contributed by atoms with Gasteiger partial charge in [-0.2, -0.15) is 0 Å². The highest BCUT2D eigenvalue weighted by Gasteiger charge is 1.95. The van der Waals surface area contributed by atoms with Gasteiger partial charge in [0, 0.05) is 18.8 Å². The van der Waals surface area contributed by atoms with Crippen molar-refractivity contribution in [3.8, 4) is 0 Å². The first-order chi connectivity index (χ1) is 4.34. The summed E-state index contributed by atoms with van der Waals surface area (Å²) in [5.41, 5.74) is 0. The number of rotatable bonds is 1. The van der Waals surface area contributed by atoms with Gasteiger partial charge in [-0.3, -0.25) is 9.36 Å². The van der Waals surface area contributed by atoms with E-state index in [0.29, 0.717) is 6.42 Å². The van der Waals surface area contributed by atoms with Crippen LogP contribution >= 0.6 is 0 Å². The molecule has 1 aromatic heterocycles. The summed E-state index contributed by atoms with van der Waals surface area (Å²) in [5, 5.41) is 0. The zero-order valence-electron chi connectivity index (χ0n) is 5.37. The van der Waals surface area contributed by atoms with Crippen LogP contribution in [-0.4, -0.2) is 10.5 Å². The summed E-state index contributed by atoms with van der Waals surface area (Å²) in [6.07, 6.45) is 4.08. The second-order valence-electron chi connectivity index (χ2n) is 1.84. The first kappa shape index (κ1) is 6.08. The molecule has 0 aliphatic carbocycles. The van der Waals surface area contributed by atoms with Crippen molar-refractivity contribution in [2.75, 3.05) is 0 Å². The summed E-state index contributed by atoms with van der Waals surface area (Å²) in [4.78, 5) is 10.8. The van der Waals surface area contributed by atoms with Crippen LogP contribution in [0.4, 0.5) is 0 Å². The molecule has 0 saturated carbocycles. The van der Waals surface area contributed by atoms with E-state index in [1.165, 1.54) is 0 Å². The van der Waals surface area contributed by atoms with Gasteiger partial charge in [-0.05, 0) is 12.1 Å². The van der Waals surface area contributed by atoms with Crippen molar-refractivity contribution in [2.24, 2.45) is 0 Å². The number of aromatic nitrogens is 1. The molecule has 0 unspecified atom stereocenters. The molecule has 0 saturated heterocycles. The summed E-state index contributed by atoms with van der Waals surface area (Å²) >= 11 is 0. The number of carbonyl (C=O) groups is 1. The topological polar surface area (TPSA) is 22.0 Å². The van der Waals surface area contributed by atoms with Crippen LogP contribution in [0.3, 0.4) is 0 Å². The molecule has 0 atom stereocenters. The Labute approximate surface area is 54.1 Å². The highest BCUT2D eigenvalue weighted by molar-refractivity contribution is 5.78. The normalized spacial score (nSPS) is 9.44. The van der Waals surface area contributed by atoms with Gasteiger partial charge in [0.25, 0.3) is 0 Å². The van der Waals surface area contributed by atoms with Crippen LogP contribution in [0.25, 0.3) is 0 Å². The van der Waals surface area contributed by atoms with Gasteiger partial charge < -0.3 is 0 Å². The van der Waals surface area contributed by atoms with Gasteiger partial charge in [0.05, 0.1) is 0 Å². The molecule has 1 heterocycles. The van der Waals surface area contributed by atoms with Crippen molar-refractivity contribution in [1.29, 1.82) is 0 Å². The number of hydrogen-bond acceptors (Lipinski definition) is 1. The summed E-state index contributed by atoms with van der Waals surface area (Å²) in [7, 11) is 0. The predicted octanol–water partition coefficient (Wildman–Crippen LogP) is 1.54. The fraction of sp³-hybridized carbons (Fsp3) is 0.286. The van der Waals surface area contributed by atoms with Crippen LogP contribution in [0.5, 0.6) is 0 Å². The number of hydrogen-bond donors (Lipinski definition) is 0. The lowest BCUT2D eigenvalue weighted by Crippen LogP contribution is -2.04. The number of nitrogens with zero attached hydrogens (tertiary/aromatic N) is 1. The lowest BCUT2D eigenvalue weighted by molar-refractivity contribution is 0.0909. The molecule has 0 bridgehead atoms. The van der Waals surface area contributed by atoms with E-state index in [4.69, 9.17) is 0 Å². The minimum absolute atomic E-state index is 0.139. The maximum absolute atomic E-state index is 10.8. The summed E-state index contributed by atoms with van der Waals surface area (Å²) in [6.45, 7) is 1.85. The maximum atomic E-state index is 10.8. The zero-order valence-corrected chi connectivity index (χ0v) is 5.37. The monoisotopic (exact) mass is 123 g/mol. The van der Waals surface area contributed by atoms with E-state index in [1.807, 2.05) is 19.1 Å². The van der Waals surface area contributed by atoms with Gasteiger partial charge >= 0.3 is 0 Å². The molecular formula is C7H9NO. The summed E-state index contributed by atoms with van der Waals surface area (Å²) in [5.74, 6) is 0.139. The maximum Gasteiger partial charge on any atom is 0.230 e. The molecule has 0 aliphatic heterocycles. The summed E-state index contributed by atoms with van der Waals surface area (Å²) < 4.78 is 1.58. The Kier molecular flexibility index (Phi) is 1.68. The van der Waals surface area contributed by atoms with Gasteiger partial charge in [-0.25, -0.2) is 0 Å². The molecular weight excluding hydrogens is 114 g/mol. The Bertz CT molecular complexity index is 189. The highest BCUT2D eigenvalue weighted by atomic mass is 16.1. The average Bonchev–Trinajstić information content (AvgIpc) is 2.37. The molecule has 0 N–H and O–H groups in total. The van der Waals surface area contributed by atoms with E-state index in [1.54, 1.807) is 17.0 Å². The smallest absolute Gasteiger partial charge is 0.230 e. The van der Waals surface area contributed by atoms with E-state index in [2.05, 4.69) is 0 Å². The quantitative estimate of drug-likeness (QED) is 0.555. The van der Waals surface area contributed by atoms with Crippen LogP contribution in [-0.2, 0) is 0 Å². The first-order valence-electron chi connectivity index (χ1n) is 3.00. The predicted molar refractivity (Wildman–Crippen MR) is 35.3 cm³/mol. The second kappa shape index (κ2) is 2.49. The van der Waals surface area contributed by atoms with Crippen molar-refractivity contribution in [1.82, 2.24) is 4.57 Å². The third-order valence-corrected chi connectivity index (χ3v) is 1.19. The van der Waals surface area contributed by atoms with Crippen LogP contribution in [0.2, 0.25) is 0 Å². The van der Waals surface area contributed by atoms with Crippen LogP contribution in [0.15, 0.2) is 24.5 Å². The van der Waals surface area contributed by atoms with E-state index in [9.17, 15) is 4.79 Å². The van der Waals surface area contributed by atoms with E-state index in [0.717, 1.165) is 0 Å². The van der Waals surface area contributed by atoms with Crippen molar-refractivity contribution >= 4 is 5.91 Å². The van der Waals surface area contributed by atoms with Crippen molar-refractivity contribution in [2.45, 2.75) is 13.3 Å². The molecule has 0 spiro atoms. The van der Waals surface area contributed by atoms with Crippen molar-refractivity contribution < 1.29 is 4.79 Å². The minimum Gasteiger partial charge on any atom is -0.295 e. The standard InChI is InChI=1S/C7H9NO/c1-2-7(9)8-5-3-4-6-8/h3-6H,2H2,1H3. The Morgan fingerprint density at radius 1 is 1.44 bits per heavy atom. The third-order valence-electron chi connectivity index (χ3n) is 1.19.